The van der Waals surface area contributed by atoms with Crippen LogP contribution in [-0.2, 0) is 4.79 Å². The van der Waals surface area contributed by atoms with E-state index in [1.165, 1.54) is 0 Å². The Morgan fingerprint density at radius 1 is 1.18 bits per heavy atom. The van der Waals surface area contributed by atoms with Crippen LogP contribution in [0.3, 0.4) is 0 Å². The Morgan fingerprint density at radius 2 is 1.88 bits per heavy atom. The highest BCUT2D eigenvalue weighted by Crippen LogP contribution is 2.18. The summed E-state index contributed by atoms with van der Waals surface area (Å²) < 4.78 is 0. The van der Waals surface area contributed by atoms with Gasteiger partial charge in [0.25, 0.3) is 0 Å². The number of piperazine rings is 1. The van der Waals surface area contributed by atoms with Gasteiger partial charge < -0.3 is 20.4 Å². The van der Waals surface area contributed by atoms with Gasteiger partial charge in [-0.2, -0.15) is 0 Å². The first-order valence-corrected chi connectivity index (χ1v) is 6.18. The second kappa shape index (κ2) is 5.35. The SMILES string of the molecule is CNC(=O)N1CCC(C(=O)N2CCNCC2)C1. The average molecular weight is 240 g/mol. The third-order valence-electron chi connectivity index (χ3n) is 3.47. The first-order valence-electron chi connectivity index (χ1n) is 6.18. The molecule has 6 heteroatoms. The molecule has 6 nitrogen and oxygen atoms in total. The van der Waals surface area contributed by atoms with E-state index in [0.717, 1.165) is 32.6 Å². The standard InChI is InChI=1S/C11H20N4O2/c1-12-11(17)15-5-2-9(8-15)10(16)14-6-3-13-4-7-14/h9,13H,2-8H2,1H3,(H,12,17). The summed E-state index contributed by atoms with van der Waals surface area (Å²) >= 11 is 0. The van der Waals surface area contributed by atoms with Gasteiger partial charge in [0, 0.05) is 46.3 Å². The van der Waals surface area contributed by atoms with Gasteiger partial charge in [-0.3, -0.25) is 4.79 Å². The Bertz CT molecular complexity index is 302. The largest absolute Gasteiger partial charge is 0.341 e. The molecule has 1 unspecified atom stereocenters. The molecule has 2 heterocycles. The normalized spacial score (nSPS) is 24.9. The number of urea groups is 1. The Morgan fingerprint density at radius 3 is 2.53 bits per heavy atom. The molecule has 0 bridgehead atoms. The van der Waals surface area contributed by atoms with E-state index in [2.05, 4.69) is 10.6 Å². The van der Waals surface area contributed by atoms with Crippen molar-refractivity contribution in [2.75, 3.05) is 46.3 Å². The lowest BCUT2D eigenvalue weighted by atomic mass is 10.1. The number of nitrogens with zero attached hydrogens (tertiary/aromatic N) is 2. The van der Waals surface area contributed by atoms with Crippen molar-refractivity contribution in [1.82, 2.24) is 20.4 Å². The molecule has 2 saturated heterocycles. The molecule has 0 aromatic rings. The smallest absolute Gasteiger partial charge is 0.317 e. The summed E-state index contributed by atoms with van der Waals surface area (Å²) in [5.41, 5.74) is 0. The van der Waals surface area contributed by atoms with Crippen molar-refractivity contribution in [3.05, 3.63) is 0 Å². The van der Waals surface area contributed by atoms with Crippen molar-refractivity contribution in [3.63, 3.8) is 0 Å². The predicted octanol–water partition coefficient (Wildman–Crippen LogP) is -0.920. The molecule has 2 aliphatic heterocycles. The van der Waals surface area contributed by atoms with E-state index >= 15 is 0 Å². The lowest BCUT2D eigenvalue weighted by Gasteiger charge is -2.29. The molecular weight excluding hydrogens is 220 g/mol. The molecule has 0 aromatic carbocycles. The second-order valence-corrected chi connectivity index (χ2v) is 4.56. The van der Waals surface area contributed by atoms with Crippen molar-refractivity contribution in [2.45, 2.75) is 6.42 Å². The zero-order chi connectivity index (χ0) is 12.3. The van der Waals surface area contributed by atoms with E-state index in [1.54, 1.807) is 11.9 Å². The third-order valence-corrected chi connectivity index (χ3v) is 3.47. The molecule has 0 aromatic heterocycles. The van der Waals surface area contributed by atoms with Crippen LogP contribution in [0.4, 0.5) is 4.79 Å². The highest BCUT2D eigenvalue weighted by Gasteiger charge is 2.33. The van der Waals surface area contributed by atoms with Crippen LogP contribution in [-0.4, -0.2) is 68.1 Å². The van der Waals surface area contributed by atoms with E-state index in [4.69, 9.17) is 0 Å². The molecule has 2 fully saturated rings. The van der Waals surface area contributed by atoms with Crippen molar-refractivity contribution in [1.29, 1.82) is 0 Å². The second-order valence-electron chi connectivity index (χ2n) is 4.56. The zero-order valence-corrected chi connectivity index (χ0v) is 10.2. The average Bonchev–Trinajstić information content (AvgIpc) is 2.87. The Balaban J connectivity index is 1.87. The van der Waals surface area contributed by atoms with Crippen LogP contribution in [0.15, 0.2) is 0 Å². The maximum absolute atomic E-state index is 12.2. The minimum absolute atomic E-state index is 0.00889. The molecule has 1 atom stereocenters. The number of rotatable bonds is 1. The summed E-state index contributed by atoms with van der Waals surface area (Å²) in [6.07, 6.45) is 0.788. The maximum atomic E-state index is 12.2. The quantitative estimate of drug-likeness (QED) is 0.623. The summed E-state index contributed by atoms with van der Waals surface area (Å²) in [5.74, 6) is 0.198. The van der Waals surface area contributed by atoms with Crippen LogP contribution in [0.25, 0.3) is 0 Å². The molecule has 0 saturated carbocycles. The topological polar surface area (TPSA) is 64.7 Å². The monoisotopic (exact) mass is 240 g/mol. The number of carbonyl (C=O) groups is 2. The molecular formula is C11H20N4O2. The fourth-order valence-electron chi connectivity index (χ4n) is 2.45. The van der Waals surface area contributed by atoms with E-state index in [0.29, 0.717) is 13.1 Å². The van der Waals surface area contributed by atoms with E-state index in [9.17, 15) is 9.59 Å². The lowest BCUT2D eigenvalue weighted by Crippen LogP contribution is -2.49. The summed E-state index contributed by atoms with van der Waals surface area (Å²) in [6, 6.07) is -0.0828. The van der Waals surface area contributed by atoms with Crippen molar-refractivity contribution in [3.8, 4) is 0 Å². The molecule has 96 valence electrons. The van der Waals surface area contributed by atoms with Gasteiger partial charge in [-0.25, -0.2) is 4.79 Å². The number of hydrogen-bond acceptors (Lipinski definition) is 3. The molecule has 2 rings (SSSR count). The summed E-state index contributed by atoms with van der Waals surface area (Å²) in [6.45, 7) is 4.56. The zero-order valence-electron chi connectivity index (χ0n) is 10.2. The van der Waals surface area contributed by atoms with Gasteiger partial charge in [-0.1, -0.05) is 0 Å². The molecule has 0 radical (unpaired) electrons. The number of hydrogen-bond donors (Lipinski definition) is 2. The first kappa shape index (κ1) is 12.2. The van der Waals surface area contributed by atoms with Crippen LogP contribution in [0.5, 0.6) is 0 Å². The summed E-state index contributed by atoms with van der Waals surface area (Å²) in [4.78, 5) is 27.3. The van der Waals surface area contributed by atoms with Crippen molar-refractivity contribution in [2.24, 2.45) is 5.92 Å². The van der Waals surface area contributed by atoms with Crippen LogP contribution in [0.1, 0.15) is 6.42 Å². The van der Waals surface area contributed by atoms with Gasteiger partial charge in [-0.15, -0.1) is 0 Å². The van der Waals surface area contributed by atoms with E-state index < -0.39 is 0 Å². The Hall–Kier alpha value is -1.30. The van der Waals surface area contributed by atoms with Crippen LogP contribution >= 0.6 is 0 Å². The molecule has 3 amide bonds. The molecule has 17 heavy (non-hydrogen) atoms. The van der Waals surface area contributed by atoms with Gasteiger partial charge in [0.2, 0.25) is 5.91 Å². The lowest BCUT2D eigenvalue weighted by molar-refractivity contribution is -0.135. The van der Waals surface area contributed by atoms with Gasteiger partial charge in [-0.05, 0) is 6.42 Å². The number of likely N-dealkylation sites (tertiary alicyclic amines) is 1. The maximum Gasteiger partial charge on any atom is 0.317 e. The molecule has 2 N–H and O–H groups in total. The van der Waals surface area contributed by atoms with Gasteiger partial charge >= 0.3 is 6.03 Å². The van der Waals surface area contributed by atoms with Crippen LogP contribution in [0.2, 0.25) is 0 Å². The number of amides is 3. The van der Waals surface area contributed by atoms with Gasteiger partial charge in [0.15, 0.2) is 0 Å². The fraction of sp³-hybridized carbons (Fsp3) is 0.818. The highest BCUT2D eigenvalue weighted by molar-refractivity contribution is 5.81. The Kier molecular flexibility index (Phi) is 3.83. The minimum atomic E-state index is -0.0828. The fourth-order valence-corrected chi connectivity index (χ4v) is 2.45. The summed E-state index contributed by atoms with van der Waals surface area (Å²) in [5, 5.41) is 5.83. The van der Waals surface area contributed by atoms with E-state index in [1.807, 2.05) is 4.90 Å². The molecule has 2 aliphatic rings. The number of nitrogens with one attached hydrogen (secondary N) is 2. The first-order chi connectivity index (χ1) is 8.22. The van der Waals surface area contributed by atoms with Crippen LogP contribution in [0, 0.1) is 5.92 Å². The van der Waals surface area contributed by atoms with E-state index in [-0.39, 0.29) is 17.9 Å². The number of carbonyl (C=O) groups excluding carboxylic acids is 2. The minimum Gasteiger partial charge on any atom is -0.341 e. The highest BCUT2D eigenvalue weighted by atomic mass is 16.2. The predicted molar refractivity (Wildman–Crippen MR) is 63.6 cm³/mol. The Labute approximate surface area is 101 Å². The van der Waals surface area contributed by atoms with Crippen LogP contribution < -0.4 is 10.6 Å². The molecule has 0 spiro atoms. The van der Waals surface area contributed by atoms with Gasteiger partial charge in [0.05, 0.1) is 5.92 Å². The van der Waals surface area contributed by atoms with Crippen molar-refractivity contribution < 1.29 is 9.59 Å². The van der Waals surface area contributed by atoms with Gasteiger partial charge in [0.1, 0.15) is 0 Å². The third kappa shape index (κ3) is 2.69. The molecule has 0 aliphatic carbocycles. The summed E-state index contributed by atoms with van der Waals surface area (Å²) in [7, 11) is 1.62. The van der Waals surface area contributed by atoms with Crippen molar-refractivity contribution >= 4 is 11.9 Å².